The van der Waals surface area contributed by atoms with E-state index in [4.69, 9.17) is 0 Å². The molecule has 21 heavy (non-hydrogen) atoms. The Morgan fingerprint density at radius 1 is 1.05 bits per heavy atom. The molecule has 0 aliphatic heterocycles. The highest BCUT2D eigenvalue weighted by Crippen LogP contribution is 2.65. The van der Waals surface area contributed by atoms with Crippen molar-refractivity contribution in [1.82, 2.24) is 0 Å². The zero-order valence-electron chi connectivity index (χ0n) is 13.4. The number of carbonyl (C=O) groups is 1. The number of aliphatic hydroxyl groups excluding tert-OH is 1. The molecule has 116 valence electrons. The van der Waals surface area contributed by atoms with Crippen molar-refractivity contribution in [3.8, 4) is 0 Å². The van der Waals surface area contributed by atoms with E-state index >= 15 is 0 Å². The van der Waals surface area contributed by atoms with Crippen LogP contribution >= 0.6 is 0 Å². The third-order valence-corrected chi connectivity index (χ3v) is 7.91. The maximum absolute atomic E-state index is 11.8. The van der Waals surface area contributed by atoms with Crippen LogP contribution in [0, 0.1) is 28.6 Å². The second-order valence-electron chi connectivity index (χ2n) is 8.61. The third kappa shape index (κ3) is 1.78. The number of fused-ring (bicyclic) bond motifs is 5. The van der Waals surface area contributed by atoms with Crippen LogP contribution in [0.5, 0.6) is 0 Å². The van der Waals surface area contributed by atoms with Gasteiger partial charge in [0.25, 0.3) is 0 Å². The summed E-state index contributed by atoms with van der Waals surface area (Å²) in [6.07, 6.45) is 10.7. The molecule has 2 heteroatoms. The van der Waals surface area contributed by atoms with Crippen molar-refractivity contribution in [3.05, 3.63) is 11.6 Å². The molecule has 0 spiro atoms. The van der Waals surface area contributed by atoms with Crippen LogP contribution in [0.4, 0.5) is 0 Å². The van der Waals surface area contributed by atoms with Crippen molar-refractivity contribution in [2.75, 3.05) is 0 Å². The molecule has 0 amide bonds. The van der Waals surface area contributed by atoms with E-state index in [0.717, 1.165) is 37.5 Å². The van der Waals surface area contributed by atoms with E-state index in [0.29, 0.717) is 11.7 Å². The van der Waals surface area contributed by atoms with Gasteiger partial charge < -0.3 is 5.11 Å². The lowest BCUT2D eigenvalue weighted by Crippen LogP contribution is -2.51. The molecule has 2 nitrogen and oxygen atoms in total. The molecule has 0 aromatic rings. The van der Waals surface area contributed by atoms with Crippen LogP contribution in [0.1, 0.15) is 65.2 Å². The Balaban J connectivity index is 1.69. The summed E-state index contributed by atoms with van der Waals surface area (Å²) in [6.45, 7) is 4.76. The number of hydrogen-bond acceptors (Lipinski definition) is 2. The van der Waals surface area contributed by atoms with Gasteiger partial charge in [0.1, 0.15) is 0 Å². The summed E-state index contributed by atoms with van der Waals surface area (Å²) in [6, 6.07) is 0. The normalized spacial score (nSPS) is 52.7. The lowest BCUT2D eigenvalue weighted by Gasteiger charge is -2.57. The highest BCUT2D eigenvalue weighted by Gasteiger charge is 2.58. The fraction of sp³-hybridized carbons (Fsp3) is 0.842. The molecule has 0 heterocycles. The quantitative estimate of drug-likeness (QED) is 0.734. The first-order valence-electron chi connectivity index (χ1n) is 8.87. The van der Waals surface area contributed by atoms with Gasteiger partial charge in [-0.1, -0.05) is 19.4 Å². The van der Waals surface area contributed by atoms with Gasteiger partial charge >= 0.3 is 0 Å². The van der Waals surface area contributed by atoms with E-state index in [2.05, 4.69) is 13.8 Å². The van der Waals surface area contributed by atoms with Crippen LogP contribution in [0.2, 0.25) is 0 Å². The molecule has 0 radical (unpaired) electrons. The monoisotopic (exact) mass is 288 g/mol. The van der Waals surface area contributed by atoms with Crippen LogP contribution in [0.25, 0.3) is 0 Å². The predicted octanol–water partition coefficient (Wildman–Crippen LogP) is 3.88. The summed E-state index contributed by atoms with van der Waals surface area (Å²) in [4.78, 5) is 11.8. The van der Waals surface area contributed by atoms with E-state index in [1.165, 1.54) is 31.3 Å². The van der Waals surface area contributed by atoms with Crippen LogP contribution < -0.4 is 0 Å². The fourth-order valence-corrected chi connectivity index (χ4v) is 6.53. The van der Waals surface area contributed by atoms with Gasteiger partial charge in [-0.2, -0.15) is 0 Å². The summed E-state index contributed by atoms with van der Waals surface area (Å²) in [5.41, 5.74) is 1.89. The van der Waals surface area contributed by atoms with Gasteiger partial charge in [-0.05, 0) is 79.6 Å². The van der Waals surface area contributed by atoms with Crippen LogP contribution in [-0.2, 0) is 4.79 Å². The van der Waals surface area contributed by atoms with Gasteiger partial charge in [-0.15, -0.1) is 0 Å². The van der Waals surface area contributed by atoms with Gasteiger partial charge in [-0.25, -0.2) is 0 Å². The minimum absolute atomic E-state index is 0.0823. The molecule has 6 atom stereocenters. The summed E-state index contributed by atoms with van der Waals surface area (Å²) in [5, 5.41) is 10.4. The molecule has 0 bridgehead atoms. The highest BCUT2D eigenvalue weighted by atomic mass is 16.3. The molecule has 4 aliphatic carbocycles. The minimum atomic E-state index is -0.0823. The molecule has 3 saturated carbocycles. The van der Waals surface area contributed by atoms with E-state index in [-0.39, 0.29) is 16.9 Å². The Morgan fingerprint density at radius 3 is 2.67 bits per heavy atom. The predicted molar refractivity (Wildman–Crippen MR) is 82.7 cm³/mol. The molecule has 0 aromatic carbocycles. The molecule has 0 saturated heterocycles. The summed E-state index contributed by atoms with van der Waals surface area (Å²) >= 11 is 0. The second kappa shape index (κ2) is 4.44. The number of hydrogen-bond donors (Lipinski definition) is 1. The Morgan fingerprint density at radius 2 is 1.86 bits per heavy atom. The molecule has 3 fully saturated rings. The average molecular weight is 288 g/mol. The third-order valence-electron chi connectivity index (χ3n) is 7.91. The topological polar surface area (TPSA) is 37.3 Å². The van der Waals surface area contributed by atoms with Gasteiger partial charge in [0.05, 0.1) is 6.10 Å². The second-order valence-corrected chi connectivity index (χ2v) is 8.61. The maximum Gasteiger partial charge on any atom is 0.155 e. The average Bonchev–Trinajstić information content (AvgIpc) is 2.76. The number of ketones is 1. The van der Waals surface area contributed by atoms with E-state index < -0.39 is 0 Å². The number of rotatable bonds is 0. The maximum atomic E-state index is 11.8. The molecule has 4 aliphatic rings. The minimum Gasteiger partial charge on any atom is -0.393 e. The Kier molecular flexibility index (Phi) is 2.96. The van der Waals surface area contributed by atoms with Crippen molar-refractivity contribution in [1.29, 1.82) is 0 Å². The molecular formula is C19H28O2. The van der Waals surface area contributed by atoms with Crippen LogP contribution in [0.3, 0.4) is 0 Å². The van der Waals surface area contributed by atoms with E-state index in [1.54, 1.807) is 0 Å². The first-order chi connectivity index (χ1) is 9.95. The van der Waals surface area contributed by atoms with Gasteiger partial charge in [0.2, 0.25) is 0 Å². The molecular weight excluding hydrogens is 260 g/mol. The lowest BCUT2D eigenvalue weighted by molar-refractivity contribution is -0.118. The van der Waals surface area contributed by atoms with Crippen molar-refractivity contribution in [2.45, 2.75) is 71.3 Å². The van der Waals surface area contributed by atoms with Crippen molar-refractivity contribution in [2.24, 2.45) is 28.6 Å². The zero-order valence-corrected chi connectivity index (χ0v) is 13.4. The first kappa shape index (κ1) is 14.0. The summed E-state index contributed by atoms with van der Waals surface area (Å²) in [5.74, 6) is 2.57. The Labute approximate surface area is 128 Å². The van der Waals surface area contributed by atoms with E-state index in [1.807, 2.05) is 6.08 Å². The van der Waals surface area contributed by atoms with Crippen molar-refractivity contribution >= 4 is 5.78 Å². The molecule has 2 unspecified atom stereocenters. The Bertz CT molecular complexity index is 508. The van der Waals surface area contributed by atoms with Gasteiger partial charge in [0, 0.05) is 6.42 Å². The van der Waals surface area contributed by atoms with Crippen LogP contribution in [-0.4, -0.2) is 17.0 Å². The largest absolute Gasteiger partial charge is 0.393 e. The molecule has 4 rings (SSSR count). The van der Waals surface area contributed by atoms with Gasteiger partial charge in [-0.3, -0.25) is 4.79 Å². The summed E-state index contributed by atoms with van der Waals surface area (Å²) in [7, 11) is 0. The smallest absolute Gasteiger partial charge is 0.155 e. The standard InChI is InChI=1S/C19H28O2/c1-18-9-7-13(20)11-12(18)3-4-14-15-5-6-17(21)19(15,2)10-8-16(14)18/h11,14-17,21H,3-10H2,1-2H3/t14-,15?,16?,17-,18-,19-/m0/s1. The number of aliphatic hydroxyl groups is 1. The molecule has 0 aromatic heterocycles. The van der Waals surface area contributed by atoms with Crippen molar-refractivity contribution < 1.29 is 9.90 Å². The first-order valence-corrected chi connectivity index (χ1v) is 8.87. The summed E-state index contributed by atoms with van der Waals surface area (Å²) < 4.78 is 0. The SMILES string of the molecule is C[C@]12CCC(=O)C=C1CC[C@@H]1C2CC[C@@]2(C)C1CC[C@@H]2O. The number of carbonyl (C=O) groups excluding carboxylic acids is 1. The zero-order chi connectivity index (χ0) is 14.8. The highest BCUT2D eigenvalue weighted by molar-refractivity contribution is 5.91. The van der Waals surface area contributed by atoms with E-state index in [9.17, 15) is 9.90 Å². The Hall–Kier alpha value is -0.630. The van der Waals surface area contributed by atoms with Gasteiger partial charge in [0.15, 0.2) is 5.78 Å². The van der Waals surface area contributed by atoms with Crippen LogP contribution in [0.15, 0.2) is 11.6 Å². The molecule has 1 N–H and O–H groups in total. The lowest BCUT2D eigenvalue weighted by atomic mass is 9.47. The van der Waals surface area contributed by atoms with Crippen molar-refractivity contribution in [3.63, 3.8) is 0 Å². The fourth-order valence-electron chi connectivity index (χ4n) is 6.53. The number of allylic oxidation sites excluding steroid dienone is 1.